The van der Waals surface area contributed by atoms with Crippen LogP contribution in [0.4, 0.5) is 5.82 Å². The average Bonchev–Trinajstić information content (AvgIpc) is 3.17. The first-order valence-corrected chi connectivity index (χ1v) is 9.54. The number of rotatable bonds is 3. The van der Waals surface area contributed by atoms with E-state index < -0.39 is 0 Å². The summed E-state index contributed by atoms with van der Waals surface area (Å²) in [6.45, 7) is 1.96. The third kappa shape index (κ3) is 2.97. The Labute approximate surface area is 158 Å². The van der Waals surface area contributed by atoms with Gasteiger partial charge in [-0.25, -0.2) is 9.97 Å². The molecule has 0 unspecified atom stereocenters. The SMILES string of the molecule is Cc1nc(N[C@@H]2CCCc3ccccc32)cc(-c2cccc3[nH]ccc23)n1. The number of hydrogen-bond acceptors (Lipinski definition) is 3. The summed E-state index contributed by atoms with van der Waals surface area (Å²) >= 11 is 0. The van der Waals surface area contributed by atoms with Crippen LogP contribution in [0.3, 0.4) is 0 Å². The average molecular weight is 354 g/mol. The summed E-state index contributed by atoms with van der Waals surface area (Å²) in [7, 11) is 0. The van der Waals surface area contributed by atoms with E-state index in [0.717, 1.165) is 41.3 Å². The summed E-state index contributed by atoms with van der Waals surface area (Å²) in [6.07, 6.45) is 5.47. The Morgan fingerprint density at radius 3 is 2.93 bits per heavy atom. The van der Waals surface area contributed by atoms with Gasteiger partial charge in [0, 0.05) is 28.7 Å². The fraction of sp³-hybridized carbons (Fsp3) is 0.217. The minimum atomic E-state index is 0.306. The van der Waals surface area contributed by atoms with Crippen LogP contribution in [0.25, 0.3) is 22.2 Å². The second kappa shape index (κ2) is 6.54. The molecule has 0 aliphatic heterocycles. The number of aromatic nitrogens is 3. The molecular weight excluding hydrogens is 332 g/mol. The fourth-order valence-corrected chi connectivity index (χ4v) is 4.17. The van der Waals surface area contributed by atoms with Crippen LogP contribution >= 0.6 is 0 Å². The standard InChI is InChI=1S/C23H22N4/c1-15-25-22(18-9-5-10-20-19(18)12-13-24-20)14-23(26-15)27-21-11-4-7-16-6-2-3-8-17(16)21/h2-3,5-6,8-10,12-14,21,24H,4,7,11H2,1H3,(H,25,26,27)/t21-/m1/s1. The van der Waals surface area contributed by atoms with E-state index in [4.69, 9.17) is 4.98 Å². The predicted octanol–water partition coefficient (Wildman–Crippen LogP) is 5.42. The molecule has 4 aromatic rings. The van der Waals surface area contributed by atoms with Gasteiger partial charge in [-0.3, -0.25) is 0 Å². The Kier molecular flexibility index (Phi) is 3.89. The molecule has 0 bridgehead atoms. The first-order valence-electron chi connectivity index (χ1n) is 9.54. The summed E-state index contributed by atoms with van der Waals surface area (Å²) in [5.74, 6) is 1.68. The summed E-state index contributed by atoms with van der Waals surface area (Å²) < 4.78 is 0. The molecule has 4 nitrogen and oxygen atoms in total. The second-order valence-electron chi connectivity index (χ2n) is 7.22. The zero-order valence-electron chi connectivity index (χ0n) is 15.4. The van der Waals surface area contributed by atoms with Gasteiger partial charge in [0.15, 0.2) is 0 Å². The van der Waals surface area contributed by atoms with E-state index in [-0.39, 0.29) is 0 Å². The molecule has 134 valence electrons. The first-order chi connectivity index (χ1) is 13.3. The molecule has 0 amide bonds. The molecule has 0 saturated heterocycles. The highest BCUT2D eigenvalue weighted by Crippen LogP contribution is 2.33. The Hall–Kier alpha value is -3.14. The van der Waals surface area contributed by atoms with Crippen molar-refractivity contribution in [2.45, 2.75) is 32.2 Å². The lowest BCUT2D eigenvalue weighted by atomic mass is 9.88. The maximum Gasteiger partial charge on any atom is 0.130 e. The van der Waals surface area contributed by atoms with E-state index in [1.807, 2.05) is 13.1 Å². The van der Waals surface area contributed by atoms with Crippen LogP contribution in [-0.4, -0.2) is 15.0 Å². The number of aromatic amines is 1. The van der Waals surface area contributed by atoms with Gasteiger partial charge >= 0.3 is 0 Å². The van der Waals surface area contributed by atoms with Crippen molar-refractivity contribution in [1.82, 2.24) is 15.0 Å². The number of aryl methyl sites for hydroxylation is 2. The van der Waals surface area contributed by atoms with Gasteiger partial charge in [0.2, 0.25) is 0 Å². The highest BCUT2D eigenvalue weighted by atomic mass is 15.0. The molecule has 1 atom stereocenters. The maximum absolute atomic E-state index is 4.71. The minimum absolute atomic E-state index is 0.306. The number of nitrogens with zero attached hydrogens (tertiary/aromatic N) is 2. The van der Waals surface area contributed by atoms with Crippen LogP contribution in [-0.2, 0) is 6.42 Å². The lowest BCUT2D eigenvalue weighted by Gasteiger charge is -2.27. The van der Waals surface area contributed by atoms with Gasteiger partial charge in [-0.05, 0) is 49.4 Å². The molecule has 27 heavy (non-hydrogen) atoms. The van der Waals surface area contributed by atoms with Crippen LogP contribution in [0.5, 0.6) is 0 Å². The fourth-order valence-electron chi connectivity index (χ4n) is 4.17. The van der Waals surface area contributed by atoms with Gasteiger partial charge in [0.25, 0.3) is 0 Å². The van der Waals surface area contributed by atoms with Crippen LogP contribution in [0.2, 0.25) is 0 Å². The molecule has 0 saturated carbocycles. The van der Waals surface area contributed by atoms with Crippen LogP contribution in [0.1, 0.15) is 35.8 Å². The predicted molar refractivity (Wildman–Crippen MR) is 110 cm³/mol. The highest BCUT2D eigenvalue weighted by molar-refractivity contribution is 5.94. The molecule has 1 aliphatic rings. The Morgan fingerprint density at radius 2 is 1.96 bits per heavy atom. The van der Waals surface area contributed by atoms with E-state index in [1.165, 1.54) is 22.9 Å². The molecule has 2 N–H and O–H groups in total. The van der Waals surface area contributed by atoms with Gasteiger partial charge in [-0.1, -0.05) is 36.4 Å². The lowest BCUT2D eigenvalue weighted by molar-refractivity contribution is 0.598. The van der Waals surface area contributed by atoms with Gasteiger partial charge in [0.05, 0.1) is 11.7 Å². The molecule has 2 heterocycles. The van der Waals surface area contributed by atoms with E-state index in [2.05, 4.69) is 69.9 Å². The highest BCUT2D eigenvalue weighted by Gasteiger charge is 2.20. The van der Waals surface area contributed by atoms with E-state index in [9.17, 15) is 0 Å². The minimum Gasteiger partial charge on any atom is -0.363 e. The number of H-pyrrole nitrogens is 1. The van der Waals surface area contributed by atoms with Gasteiger partial charge in [-0.2, -0.15) is 0 Å². The maximum atomic E-state index is 4.71. The van der Waals surface area contributed by atoms with Crippen molar-refractivity contribution in [3.05, 3.63) is 77.7 Å². The topological polar surface area (TPSA) is 53.6 Å². The summed E-state index contributed by atoms with van der Waals surface area (Å²) in [4.78, 5) is 12.6. The molecule has 0 spiro atoms. The van der Waals surface area contributed by atoms with Crippen LogP contribution in [0, 0.1) is 6.92 Å². The molecule has 0 radical (unpaired) electrons. The molecule has 4 heteroatoms. The molecule has 1 aliphatic carbocycles. The molecule has 5 rings (SSSR count). The number of anilines is 1. The van der Waals surface area contributed by atoms with Crippen LogP contribution in [0.15, 0.2) is 60.8 Å². The Balaban J connectivity index is 1.53. The Bertz CT molecular complexity index is 1110. The third-order valence-electron chi connectivity index (χ3n) is 5.40. The quantitative estimate of drug-likeness (QED) is 0.516. The lowest BCUT2D eigenvalue weighted by Crippen LogP contribution is -2.18. The number of nitrogens with one attached hydrogen (secondary N) is 2. The first kappa shape index (κ1) is 16.1. The van der Waals surface area contributed by atoms with Crippen molar-refractivity contribution in [3.8, 4) is 11.3 Å². The van der Waals surface area contributed by atoms with Crippen molar-refractivity contribution in [3.63, 3.8) is 0 Å². The summed E-state index contributed by atoms with van der Waals surface area (Å²) in [5.41, 5.74) is 6.06. The number of fused-ring (bicyclic) bond motifs is 2. The summed E-state index contributed by atoms with van der Waals surface area (Å²) in [5, 5.41) is 4.86. The zero-order valence-corrected chi connectivity index (χ0v) is 15.4. The largest absolute Gasteiger partial charge is 0.363 e. The monoisotopic (exact) mass is 354 g/mol. The van der Waals surface area contributed by atoms with Gasteiger partial charge < -0.3 is 10.3 Å². The number of hydrogen-bond donors (Lipinski definition) is 2. The Morgan fingerprint density at radius 1 is 1.04 bits per heavy atom. The molecule has 2 aromatic carbocycles. The van der Waals surface area contributed by atoms with Crippen molar-refractivity contribution in [1.29, 1.82) is 0 Å². The molecule has 0 fully saturated rings. The third-order valence-corrected chi connectivity index (χ3v) is 5.40. The molecule has 2 aromatic heterocycles. The molecular formula is C23H22N4. The van der Waals surface area contributed by atoms with E-state index in [1.54, 1.807) is 0 Å². The van der Waals surface area contributed by atoms with Crippen molar-refractivity contribution < 1.29 is 0 Å². The van der Waals surface area contributed by atoms with Crippen LogP contribution < -0.4 is 5.32 Å². The van der Waals surface area contributed by atoms with E-state index >= 15 is 0 Å². The van der Waals surface area contributed by atoms with Gasteiger partial charge in [-0.15, -0.1) is 0 Å². The van der Waals surface area contributed by atoms with E-state index in [0.29, 0.717) is 6.04 Å². The van der Waals surface area contributed by atoms with Crippen molar-refractivity contribution >= 4 is 16.7 Å². The second-order valence-corrected chi connectivity index (χ2v) is 7.22. The number of benzene rings is 2. The normalized spacial score (nSPS) is 16.3. The zero-order chi connectivity index (χ0) is 18.2. The van der Waals surface area contributed by atoms with Crippen molar-refractivity contribution in [2.75, 3.05) is 5.32 Å². The summed E-state index contributed by atoms with van der Waals surface area (Å²) in [6, 6.07) is 19.5. The van der Waals surface area contributed by atoms with Gasteiger partial charge in [0.1, 0.15) is 11.6 Å². The smallest absolute Gasteiger partial charge is 0.130 e. The van der Waals surface area contributed by atoms with Crippen molar-refractivity contribution in [2.24, 2.45) is 0 Å².